The second-order valence-corrected chi connectivity index (χ2v) is 9.79. The van der Waals surface area contributed by atoms with E-state index in [2.05, 4.69) is 5.32 Å². The van der Waals surface area contributed by atoms with Crippen LogP contribution in [0.5, 0.6) is 0 Å². The van der Waals surface area contributed by atoms with E-state index in [0.29, 0.717) is 6.42 Å². The summed E-state index contributed by atoms with van der Waals surface area (Å²) in [4.78, 5) is 27.2. The SMILES string of the molecule is CC(C)NC(=O)C(C)N(CCc1ccccc1)C(=O)CN(c1ccccc1F)S(C)(=O)=O. The fraction of sp³-hybridized carbons (Fsp3) is 0.391. The summed E-state index contributed by atoms with van der Waals surface area (Å²) in [5.41, 5.74) is 0.751. The molecular formula is C23H30FN3O4S. The Morgan fingerprint density at radius 1 is 1.00 bits per heavy atom. The molecule has 0 bridgehead atoms. The molecule has 0 radical (unpaired) electrons. The van der Waals surface area contributed by atoms with Crippen molar-refractivity contribution >= 4 is 27.5 Å². The molecule has 0 saturated heterocycles. The standard InChI is InChI=1S/C23H30FN3O4S/c1-17(2)25-23(29)18(3)26(15-14-19-10-6-5-7-11-19)22(28)16-27(32(4,30)31)21-13-9-8-12-20(21)24/h5-13,17-18H,14-16H2,1-4H3,(H,25,29). The maximum atomic E-state index is 14.3. The second kappa shape index (κ2) is 11.1. The minimum absolute atomic E-state index is 0.123. The van der Waals surface area contributed by atoms with Crippen LogP contribution < -0.4 is 9.62 Å². The molecule has 0 aromatic heterocycles. The van der Waals surface area contributed by atoms with Crippen LogP contribution in [0.25, 0.3) is 0 Å². The average molecular weight is 464 g/mol. The highest BCUT2D eigenvalue weighted by molar-refractivity contribution is 7.92. The molecule has 0 aliphatic heterocycles. The van der Waals surface area contributed by atoms with Gasteiger partial charge in [0.15, 0.2) is 0 Å². The monoisotopic (exact) mass is 463 g/mol. The summed E-state index contributed by atoms with van der Waals surface area (Å²) in [7, 11) is -3.96. The molecule has 32 heavy (non-hydrogen) atoms. The molecule has 0 heterocycles. The molecule has 7 nitrogen and oxygen atoms in total. The number of hydrogen-bond donors (Lipinski definition) is 1. The molecule has 0 aliphatic carbocycles. The molecule has 1 unspecified atom stereocenters. The van der Waals surface area contributed by atoms with E-state index in [-0.39, 0.29) is 24.2 Å². The van der Waals surface area contributed by atoms with Gasteiger partial charge >= 0.3 is 0 Å². The summed E-state index contributed by atoms with van der Waals surface area (Å²) >= 11 is 0. The number of para-hydroxylation sites is 1. The molecular weight excluding hydrogens is 433 g/mol. The normalized spacial score (nSPS) is 12.3. The van der Waals surface area contributed by atoms with E-state index in [1.54, 1.807) is 6.92 Å². The fourth-order valence-corrected chi connectivity index (χ4v) is 4.07. The van der Waals surface area contributed by atoms with Crippen LogP contribution in [-0.2, 0) is 26.0 Å². The Morgan fingerprint density at radius 3 is 2.16 bits per heavy atom. The number of nitrogens with zero attached hydrogens (tertiary/aromatic N) is 2. The molecule has 0 fully saturated rings. The Kier molecular flexibility index (Phi) is 8.77. The summed E-state index contributed by atoms with van der Waals surface area (Å²) in [6.07, 6.45) is 1.39. The number of benzene rings is 2. The number of amides is 2. The Bertz CT molecular complexity index is 1030. The van der Waals surface area contributed by atoms with Crippen LogP contribution in [0.4, 0.5) is 10.1 Å². The van der Waals surface area contributed by atoms with Gasteiger partial charge in [0.05, 0.1) is 11.9 Å². The number of anilines is 1. The molecule has 9 heteroatoms. The van der Waals surface area contributed by atoms with Crippen molar-refractivity contribution in [2.45, 2.75) is 39.3 Å². The van der Waals surface area contributed by atoms with Crippen molar-refractivity contribution in [3.8, 4) is 0 Å². The Balaban J connectivity index is 2.32. The smallest absolute Gasteiger partial charge is 0.244 e. The van der Waals surface area contributed by atoms with Crippen LogP contribution in [0, 0.1) is 5.82 Å². The first kappa shape index (κ1) is 25.3. The molecule has 2 aromatic rings. The van der Waals surface area contributed by atoms with Crippen LogP contribution in [0.15, 0.2) is 54.6 Å². The van der Waals surface area contributed by atoms with E-state index in [9.17, 15) is 22.4 Å². The molecule has 1 atom stereocenters. The predicted octanol–water partition coefficient (Wildman–Crippen LogP) is 2.58. The summed E-state index contributed by atoms with van der Waals surface area (Å²) < 4.78 is 39.8. The Hall–Kier alpha value is -2.94. The molecule has 0 aliphatic rings. The first-order valence-electron chi connectivity index (χ1n) is 10.4. The first-order valence-corrected chi connectivity index (χ1v) is 12.2. The lowest BCUT2D eigenvalue weighted by atomic mass is 10.1. The van der Waals surface area contributed by atoms with Gasteiger partial charge in [-0.2, -0.15) is 0 Å². The van der Waals surface area contributed by atoms with Crippen LogP contribution in [0.3, 0.4) is 0 Å². The molecule has 174 valence electrons. The van der Waals surface area contributed by atoms with Crippen LogP contribution in [-0.4, -0.2) is 56.6 Å². The molecule has 1 N–H and O–H groups in total. The number of sulfonamides is 1. The summed E-state index contributed by atoms with van der Waals surface area (Å²) in [6, 6.07) is 13.8. The largest absolute Gasteiger partial charge is 0.352 e. The minimum Gasteiger partial charge on any atom is -0.352 e. The third kappa shape index (κ3) is 7.05. The van der Waals surface area contributed by atoms with Crippen LogP contribution in [0.1, 0.15) is 26.3 Å². The zero-order chi connectivity index (χ0) is 23.9. The average Bonchev–Trinajstić information content (AvgIpc) is 2.72. The predicted molar refractivity (Wildman–Crippen MR) is 123 cm³/mol. The van der Waals surface area contributed by atoms with Crippen molar-refractivity contribution in [2.75, 3.05) is 23.7 Å². The van der Waals surface area contributed by atoms with E-state index in [1.165, 1.54) is 23.1 Å². The maximum absolute atomic E-state index is 14.3. The Labute approximate surface area is 189 Å². The van der Waals surface area contributed by atoms with Crippen LogP contribution in [0.2, 0.25) is 0 Å². The van der Waals surface area contributed by atoms with Crippen molar-refractivity contribution in [2.24, 2.45) is 0 Å². The molecule has 2 aromatic carbocycles. The van der Waals surface area contributed by atoms with Gasteiger partial charge in [-0.15, -0.1) is 0 Å². The van der Waals surface area contributed by atoms with Gasteiger partial charge in [0, 0.05) is 12.6 Å². The lowest BCUT2D eigenvalue weighted by Gasteiger charge is -2.32. The van der Waals surface area contributed by atoms with Gasteiger partial charge in [-0.3, -0.25) is 13.9 Å². The highest BCUT2D eigenvalue weighted by atomic mass is 32.2. The molecule has 0 saturated carbocycles. The topological polar surface area (TPSA) is 86.8 Å². The second-order valence-electron chi connectivity index (χ2n) is 7.88. The quantitative estimate of drug-likeness (QED) is 0.587. The van der Waals surface area contributed by atoms with E-state index in [4.69, 9.17) is 0 Å². The van der Waals surface area contributed by atoms with Crippen molar-refractivity contribution in [1.82, 2.24) is 10.2 Å². The number of nitrogens with one attached hydrogen (secondary N) is 1. The van der Waals surface area contributed by atoms with Gasteiger partial charge in [0.2, 0.25) is 21.8 Å². The molecule has 2 rings (SSSR count). The zero-order valence-corrected chi connectivity index (χ0v) is 19.6. The maximum Gasteiger partial charge on any atom is 0.244 e. The fourth-order valence-electron chi connectivity index (χ4n) is 3.22. The van der Waals surface area contributed by atoms with Gasteiger partial charge in [-0.25, -0.2) is 12.8 Å². The third-order valence-corrected chi connectivity index (χ3v) is 6.01. The van der Waals surface area contributed by atoms with Crippen molar-refractivity contribution in [3.63, 3.8) is 0 Å². The number of carbonyl (C=O) groups is 2. The highest BCUT2D eigenvalue weighted by Gasteiger charge is 2.30. The zero-order valence-electron chi connectivity index (χ0n) is 18.8. The van der Waals surface area contributed by atoms with Gasteiger partial charge in [-0.1, -0.05) is 42.5 Å². The van der Waals surface area contributed by atoms with Gasteiger partial charge in [-0.05, 0) is 44.9 Å². The minimum atomic E-state index is -3.96. The summed E-state index contributed by atoms with van der Waals surface area (Å²) in [5.74, 6) is -1.70. The first-order chi connectivity index (χ1) is 15.0. The molecule has 2 amide bonds. The van der Waals surface area contributed by atoms with E-state index in [0.717, 1.165) is 22.2 Å². The van der Waals surface area contributed by atoms with Gasteiger partial charge in [0.1, 0.15) is 18.4 Å². The number of hydrogen-bond acceptors (Lipinski definition) is 4. The lowest BCUT2D eigenvalue weighted by molar-refractivity contribution is -0.139. The van der Waals surface area contributed by atoms with Gasteiger partial charge < -0.3 is 10.2 Å². The summed E-state index contributed by atoms with van der Waals surface area (Å²) in [5, 5.41) is 2.78. The van der Waals surface area contributed by atoms with E-state index >= 15 is 0 Å². The van der Waals surface area contributed by atoms with E-state index in [1.807, 2.05) is 44.2 Å². The Morgan fingerprint density at radius 2 is 1.59 bits per heavy atom. The lowest BCUT2D eigenvalue weighted by Crippen LogP contribution is -2.53. The number of carbonyl (C=O) groups excluding carboxylic acids is 2. The third-order valence-electron chi connectivity index (χ3n) is 4.88. The van der Waals surface area contributed by atoms with Crippen LogP contribution >= 0.6 is 0 Å². The number of halogens is 1. The summed E-state index contributed by atoms with van der Waals surface area (Å²) in [6.45, 7) is 4.79. The van der Waals surface area contributed by atoms with Crippen molar-refractivity contribution in [3.05, 3.63) is 66.0 Å². The van der Waals surface area contributed by atoms with E-state index < -0.39 is 34.3 Å². The molecule has 0 spiro atoms. The van der Waals surface area contributed by atoms with Crippen molar-refractivity contribution in [1.29, 1.82) is 0 Å². The number of rotatable bonds is 10. The van der Waals surface area contributed by atoms with Crippen molar-refractivity contribution < 1.29 is 22.4 Å². The highest BCUT2D eigenvalue weighted by Crippen LogP contribution is 2.22. The van der Waals surface area contributed by atoms with Gasteiger partial charge in [0.25, 0.3) is 0 Å².